The van der Waals surface area contributed by atoms with Gasteiger partial charge in [-0.2, -0.15) is 0 Å². The molecular formula is C53H83N4+. The average molecular weight is 776 g/mol. The lowest BCUT2D eigenvalue weighted by molar-refractivity contribution is -0.742. The molecule has 0 spiro atoms. The molecule has 0 bridgehead atoms. The second-order valence-electron chi connectivity index (χ2n) is 23.3. The second kappa shape index (κ2) is 15.7. The molecule has 3 saturated heterocycles. The summed E-state index contributed by atoms with van der Waals surface area (Å²) in [5, 5.41) is 7.23. The van der Waals surface area contributed by atoms with Gasteiger partial charge in [-0.25, -0.2) is 0 Å². The fraction of sp³-hybridized carbons (Fsp3) is 0.887. The highest BCUT2D eigenvalue weighted by atomic mass is 15.3. The van der Waals surface area contributed by atoms with Crippen LogP contribution in [-0.4, -0.2) is 58.3 Å². The molecule has 12 aliphatic rings. The predicted octanol–water partition coefficient (Wildman–Crippen LogP) is 10.5. The summed E-state index contributed by atoms with van der Waals surface area (Å²) in [4.78, 5) is 6.47. The van der Waals surface area contributed by atoms with Gasteiger partial charge < -0.3 is 10.2 Å². The van der Waals surface area contributed by atoms with E-state index in [0.29, 0.717) is 12.2 Å². The van der Waals surface area contributed by atoms with Crippen LogP contribution in [0.2, 0.25) is 0 Å². The van der Waals surface area contributed by atoms with Crippen molar-refractivity contribution in [3.63, 3.8) is 0 Å². The summed E-state index contributed by atoms with van der Waals surface area (Å²) in [6.45, 7) is 2.82. The maximum atomic E-state index is 4.31. The summed E-state index contributed by atoms with van der Waals surface area (Å²) in [6, 6.07) is 5.81. The van der Waals surface area contributed by atoms with E-state index in [1.807, 2.05) is 11.3 Å². The quantitative estimate of drug-likeness (QED) is 0.273. The Labute approximate surface area is 348 Å². The summed E-state index contributed by atoms with van der Waals surface area (Å²) < 4.78 is 0. The molecular weight excluding hydrogens is 693 g/mol. The smallest absolute Gasteiger partial charge is 0.162 e. The first-order chi connectivity index (χ1) is 28.2. The van der Waals surface area contributed by atoms with Gasteiger partial charge in [0.25, 0.3) is 0 Å². The highest BCUT2D eigenvalue weighted by Crippen LogP contribution is 2.60. The fourth-order valence-electron chi connectivity index (χ4n) is 19.0. The minimum atomic E-state index is 0.565. The van der Waals surface area contributed by atoms with Crippen molar-refractivity contribution in [1.82, 2.24) is 15.1 Å². The Hall–Kier alpha value is -1.10. The van der Waals surface area contributed by atoms with Crippen LogP contribution in [0.5, 0.6) is 0 Å². The topological polar surface area (TPSA) is 35.1 Å². The second-order valence-corrected chi connectivity index (χ2v) is 23.3. The highest BCUT2D eigenvalue weighted by molar-refractivity contribution is 5.25. The number of likely N-dealkylation sites (tertiary alicyclic amines) is 2. The van der Waals surface area contributed by atoms with E-state index in [9.17, 15) is 0 Å². The Morgan fingerprint density at radius 1 is 0.632 bits per heavy atom. The molecule has 18 atom stereocenters. The molecule has 6 saturated carbocycles. The van der Waals surface area contributed by atoms with Crippen LogP contribution in [-0.2, 0) is 0 Å². The molecule has 0 aromatic carbocycles. The third kappa shape index (κ3) is 6.40. The molecule has 18 unspecified atom stereocenters. The van der Waals surface area contributed by atoms with Gasteiger partial charge in [0.1, 0.15) is 0 Å². The van der Waals surface area contributed by atoms with Crippen molar-refractivity contribution >= 4 is 0 Å². The van der Waals surface area contributed by atoms with Crippen molar-refractivity contribution < 1.29 is 5.32 Å². The van der Waals surface area contributed by atoms with Crippen LogP contribution in [0.25, 0.3) is 0 Å². The number of nitrogens with one attached hydrogen (secondary N) is 1. The van der Waals surface area contributed by atoms with Crippen molar-refractivity contribution in [3.05, 3.63) is 35.6 Å². The monoisotopic (exact) mass is 776 g/mol. The van der Waals surface area contributed by atoms with Crippen LogP contribution < -0.4 is 10.6 Å². The molecule has 4 heteroatoms. The van der Waals surface area contributed by atoms with Gasteiger partial charge in [0, 0.05) is 65.3 Å². The molecule has 9 aliphatic carbocycles. The number of allylic oxidation sites excluding steroid dienone is 4. The third-order valence-electron chi connectivity index (χ3n) is 21.2. The van der Waals surface area contributed by atoms with Gasteiger partial charge in [-0.3, -0.25) is 10.2 Å². The van der Waals surface area contributed by atoms with E-state index in [0.717, 1.165) is 101 Å². The Bertz CT molecular complexity index is 1540. The lowest BCUT2D eigenvalue weighted by Gasteiger charge is -2.49. The van der Waals surface area contributed by atoms with E-state index in [4.69, 9.17) is 0 Å². The molecule has 12 rings (SSSR count). The first-order valence-corrected chi connectivity index (χ1v) is 26.4. The van der Waals surface area contributed by atoms with E-state index < -0.39 is 0 Å². The van der Waals surface area contributed by atoms with Crippen molar-refractivity contribution in [2.75, 3.05) is 0 Å². The molecule has 0 radical (unpaired) electrons. The molecule has 4 nitrogen and oxygen atoms in total. The van der Waals surface area contributed by atoms with Crippen LogP contribution >= 0.6 is 0 Å². The molecule has 3 heterocycles. The van der Waals surface area contributed by atoms with Gasteiger partial charge in [-0.15, -0.1) is 0 Å². The minimum absolute atomic E-state index is 0.565. The van der Waals surface area contributed by atoms with Crippen molar-refractivity contribution in [1.29, 1.82) is 0 Å². The number of fused-ring (bicyclic) bond motifs is 8. The minimum Gasteiger partial charge on any atom is -0.368 e. The molecule has 9 fully saturated rings. The first kappa shape index (κ1) is 37.6. The van der Waals surface area contributed by atoms with Crippen molar-refractivity contribution in [2.24, 2.45) is 65.1 Å². The Morgan fingerprint density at radius 3 is 2.32 bits per heavy atom. The lowest BCUT2D eigenvalue weighted by atomic mass is 9.59. The number of rotatable bonds is 5. The molecule has 3 aliphatic heterocycles. The molecule has 314 valence electrons. The third-order valence-corrected chi connectivity index (χ3v) is 21.2. The van der Waals surface area contributed by atoms with Crippen molar-refractivity contribution in [3.8, 4) is 0 Å². The molecule has 0 aromatic heterocycles. The van der Waals surface area contributed by atoms with E-state index >= 15 is 0 Å². The zero-order valence-electron chi connectivity index (χ0n) is 36.3. The summed E-state index contributed by atoms with van der Waals surface area (Å²) in [7, 11) is 0. The van der Waals surface area contributed by atoms with Gasteiger partial charge in [-0.1, -0.05) is 89.0 Å². The zero-order valence-corrected chi connectivity index (χ0v) is 36.3. The first-order valence-electron chi connectivity index (χ1n) is 26.4. The highest BCUT2D eigenvalue weighted by Gasteiger charge is 2.58. The van der Waals surface area contributed by atoms with E-state index in [2.05, 4.69) is 51.7 Å². The van der Waals surface area contributed by atoms with Gasteiger partial charge in [0.15, 0.2) is 6.17 Å². The Kier molecular flexibility index (Phi) is 10.3. The van der Waals surface area contributed by atoms with Gasteiger partial charge in [-0.05, 0) is 163 Å². The zero-order chi connectivity index (χ0) is 37.6. The summed E-state index contributed by atoms with van der Waals surface area (Å²) >= 11 is 0. The number of nitrogens with zero attached hydrogens (tertiary/aromatic N) is 2. The van der Waals surface area contributed by atoms with Crippen LogP contribution in [0.1, 0.15) is 180 Å². The van der Waals surface area contributed by atoms with Gasteiger partial charge in [0.2, 0.25) is 0 Å². The Morgan fingerprint density at radius 2 is 1.40 bits per heavy atom. The largest absolute Gasteiger partial charge is 0.368 e. The van der Waals surface area contributed by atoms with E-state index in [-0.39, 0.29) is 0 Å². The van der Waals surface area contributed by atoms with Gasteiger partial charge in [0.05, 0.1) is 6.04 Å². The maximum absolute atomic E-state index is 4.31. The number of hydrogen-bond donors (Lipinski definition) is 2. The summed E-state index contributed by atoms with van der Waals surface area (Å²) in [5.41, 5.74) is 3.70. The number of nitrogens with two attached hydrogens (primary N) is 1. The standard InChI is InChI=1S/C53H82N4/c1-33-39(36-26-29-49-44(32-36)41-18-7-9-22-47(41)57(49)46-24-11-16-34-13-5-6-17-40(34)46)28-30-50-51(33)43-19-8-10-23-48(43)56(50)38-27-25-37(31-38)53-54-45-21-12-20-42(45)52(55-53)35-14-3-2-4-15-35/h5,13,29,31,33-36,38-48,50-55H,2-4,6-12,14-28,30,32H2,1H3/p+1. The summed E-state index contributed by atoms with van der Waals surface area (Å²) in [6.07, 6.45) is 51.4. The van der Waals surface area contributed by atoms with Crippen LogP contribution in [0.3, 0.4) is 0 Å². The van der Waals surface area contributed by atoms with Crippen molar-refractivity contribution in [2.45, 2.75) is 229 Å². The maximum Gasteiger partial charge on any atom is 0.162 e. The average Bonchev–Trinajstić information content (AvgIpc) is 4.07. The van der Waals surface area contributed by atoms with E-state index in [1.54, 1.807) is 0 Å². The Balaban J connectivity index is 0.770. The van der Waals surface area contributed by atoms with E-state index in [1.165, 1.54) is 173 Å². The molecule has 0 amide bonds. The predicted molar refractivity (Wildman–Crippen MR) is 233 cm³/mol. The SMILES string of the molecule is CC1C(C2CC=C3C(C2)C2CCCCC2N3C2CCCC3C=CCCC32)CCC2C1C1CCCCC1N2C1C=C(C2NC3CCCC3C(C3CCCCC3)[NH2+]2)CC1. The number of quaternary nitrogens is 1. The molecule has 57 heavy (non-hydrogen) atoms. The normalized spacial score (nSPS) is 51.3. The lowest BCUT2D eigenvalue weighted by Crippen LogP contribution is -3.03. The van der Waals surface area contributed by atoms with Crippen LogP contribution in [0, 0.1) is 65.1 Å². The summed E-state index contributed by atoms with van der Waals surface area (Å²) in [5.74, 6) is 10.3. The van der Waals surface area contributed by atoms with Gasteiger partial charge >= 0.3 is 0 Å². The fourth-order valence-corrected chi connectivity index (χ4v) is 19.0. The molecule has 0 aromatic rings. The van der Waals surface area contributed by atoms with Crippen LogP contribution in [0.4, 0.5) is 0 Å². The number of hydrogen-bond acceptors (Lipinski definition) is 3. The van der Waals surface area contributed by atoms with Crippen LogP contribution in [0.15, 0.2) is 35.6 Å². The molecule has 3 N–H and O–H groups in total.